The van der Waals surface area contributed by atoms with Crippen molar-refractivity contribution in [1.29, 1.82) is 0 Å². The van der Waals surface area contributed by atoms with Crippen molar-refractivity contribution in [3.63, 3.8) is 0 Å². The molecule has 0 bridgehead atoms. The number of hydrogen-bond donors (Lipinski definition) is 0. The van der Waals surface area contributed by atoms with Gasteiger partial charge in [-0.1, -0.05) is 0 Å². The first kappa shape index (κ1) is 5.41. The minimum absolute atomic E-state index is 0.0204. The summed E-state index contributed by atoms with van der Waals surface area (Å²) < 4.78 is 20.6. The number of pyridine rings is 1. The minimum atomic E-state index is -1.46. The molecule has 0 atom stereocenters. The summed E-state index contributed by atoms with van der Waals surface area (Å²) in [6, 6.07) is 1.87. The highest BCUT2D eigenvalue weighted by molar-refractivity contribution is 5.56. The van der Waals surface area contributed by atoms with Crippen LogP contribution in [0.3, 0.4) is 0 Å². The van der Waals surface area contributed by atoms with Crippen molar-refractivity contribution in [2.75, 3.05) is 25.1 Å². The van der Waals surface area contributed by atoms with E-state index in [0.29, 0.717) is 11.6 Å². The normalized spacial score (nSPS) is 22.0. The molecule has 1 aliphatic rings. The maximum atomic E-state index is 7.67. The van der Waals surface area contributed by atoms with Gasteiger partial charge in [0.25, 0.3) is 0 Å². The molecule has 64 valence electrons. The van der Waals surface area contributed by atoms with E-state index in [9.17, 15) is 0 Å². The minimum Gasteiger partial charge on any atom is -0.474 e. The number of aryl methyl sites for hydroxylation is 1. The van der Waals surface area contributed by atoms with E-state index in [1.165, 1.54) is 0 Å². The smallest absolute Gasteiger partial charge is 0.237 e. The zero-order valence-corrected chi connectivity index (χ0v) is 7.16. The fourth-order valence-electron chi connectivity index (χ4n) is 1.18. The van der Waals surface area contributed by atoms with E-state index in [1.807, 2.05) is 13.0 Å². The Morgan fingerprint density at radius 2 is 2.58 bits per heavy atom. The second kappa shape index (κ2) is 2.66. The van der Waals surface area contributed by atoms with Gasteiger partial charge in [-0.3, -0.25) is 0 Å². The third-order valence-corrected chi connectivity index (χ3v) is 1.84. The Morgan fingerprint density at radius 1 is 1.75 bits per heavy atom. The number of fused-ring (bicyclic) bond motifs is 1. The van der Waals surface area contributed by atoms with Crippen LogP contribution in [-0.2, 0) is 0 Å². The average Bonchev–Trinajstić information content (AvgIpc) is 2.13. The van der Waals surface area contributed by atoms with Crippen LogP contribution < -0.4 is 9.64 Å². The van der Waals surface area contributed by atoms with E-state index in [1.54, 1.807) is 18.1 Å². The topological polar surface area (TPSA) is 25.4 Å². The molecule has 1 aliphatic heterocycles. The summed E-state index contributed by atoms with van der Waals surface area (Å²) in [5, 5.41) is 0. The number of anilines is 1. The number of likely N-dealkylation sites (N-methyl/N-ethyl adjacent to an activating group) is 1. The Morgan fingerprint density at radius 3 is 3.42 bits per heavy atom. The molecule has 0 saturated heterocycles. The van der Waals surface area contributed by atoms with E-state index >= 15 is 0 Å². The molecule has 2 rings (SSSR count). The van der Waals surface area contributed by atoms with E-state index in [0.717, 1.165) is 5.56 Å². The Kier molecular flexibility index (Phi) is 1.20. The van der Waals surface area contributed by atoms with Gasteiger partial charge in [-0.05, 0) is 18.6 Å². The van der Waals surface area contributed by atoms with Crippen LogP contribution in [0.5, 0.6) is 5.88 Å². The van der Waals surface area contributed by atoms with Gasteiger partial charge in [0.15, 0.2) is 0 Å². The molecule has 1 aromatic heterocycles. The van der Waals surface area contributed by atoms with Gasteiger partial charge < -0.3 is 9.64 Å². The Labute approximate surface area is 74.8 Å². The molecule has 0 fully saturated rings. The molecule has 0 unspecified atom stereocenters. The van der Waals surface area contributed by atoms with Crippen LogP contribution in [0, 0.1) is 6.92 Å². The molecular formula is C9H12N2O. The predicted octanol–water partition coefficient (Wildman–Crippen LogP) is 1.22. The number of aromatic nitrogens is 1. The van der Waals surface area contributed by atoms with Gasteiger partial charge in [-0.25, -0.2) is 4.98 Å². The molecule has 0 aromatic carbocycles. The summed E-state index contributed by atoms with van der Waals surface area (Å²) in [7, 11) is 1.71. The lowest BCUT2D eigenvalue weighted by Crippen LogP contribution is -2.29. The van der Waals surface area contributed by atoms with Crippen LogP contribution in [0.4, 0.5) is 5.69 Å². The van der Waals surface area contributed by atoms with E-state index in [4.69, 9.17) is 7.48 Å². The highest BCUT2D eigenvalue weighted by Crippen LogP contribution is 2.28. The van der Waals surface area contributed by atoms with Gasteiger partial charge >= 0.3 is 0 Å². The van der Waals surface area contributed by atoms with Crippen LogP contribution in [0.1, 0.15) is 8.30 Å². The van der Waals surface area contributed by atoms with Crippen LogP contribution in [0.15, 0.2) is 12.3 Å². The van der Waals surface area contributed by atoms with Gasteiger partial charge in [0, 0.05) is 13.2 Å². The second-order valence-electron chi connectivity index (χ2n) is 2.84. The molecule has 0 radical (unpaired) electrons. The molecule has 1 aromatic rings. The molecule has 12 heavy (non-hydrogen) atoms. The lowest BCUT2D eigenvalue weighted by molar-refractivity contribution is 0.298. The quantitative estimate of drug-likeness (QED) is 0.579. The van der Waals surface area contributed by atoms with Crippen molar-refractivity contribution in [3.05, 3.63) is 17.8 Å². The van der Waals surface area contributed by atoms with Crippen molar-refractivity contribution in [3.8, 4) is 5.88 Å². The van der Waals surface area contributed by atoms with Gasteiger partial charge in [0.2, 0.25) is 5.88 Å². The molecular weight excluding hydrogens is 152 g/mol. The van der Waals surface area contributed by atoms with Crippen molar-refractivity contribution in [2.24, 2.45) is 0 Å². The molecule has 0 spiro atoms. The first-order chi connectivity index (χ1) is 6.50. The molecule has 2 heterocycles. The standard InChI is InChI=1S/C9H12N2O/c1-7-5-8-9(10-6-7)12-4-3-11(8)2/h5-6H,3-4H2,1-2H3/i3D2. The van der Waals surface area contributed by atoms with E-state index in [-0.39, 0.29) is 6.61 Å². The molecule has 0 aliphatic carbocycles. The summed E-state index contributed by atoms with van der Waals surface area (Å²) in [4.78, 5) is 5.67. The summed E-state index contributed by atoms with van der Waals surface area (Å²) in [6.07, 6.45) is 1.72. The monoisotopic (exact) mass is 166 g/mol. The lowest BCUT2D eigenvalue weighted by atomic mass is 10.2. The van der Waals surface area contributed by atoms with Gasteiger partial charge in [0.05, 0.1) is 14.9 Å². The number of hydrogen-bond acceptors (Lipinski definition) is 3. The fourth-order valence-corrected chi connectivity index (χ4v) is 1.18. The summed E-state index contributed by atoms with van der Waals surface area (Å²) in [5.41, 5.74) is 1.71. The molecule has 3 heteroatoms. The highest BCUT2D eigenvalue weighted by atomic mass is 16.5. The Bertz CT molecular complexity index is 368. The molecule has 0 N–H and O–H groups in total. The van der Waals surface area contributed by atoms with Crippen LogP contribution in [0.2, 0.25) is 0 Å². The van der Waals surface area contributed by atoms with Crippen molar-refractivity contribution in [2.45, 2.75) is 6.92 Å². The first-order valence-corrected chi connectivity index (χ1v) is 3.84. The summed E-state index contributed by atoms with van der Waals surface area (Å²) >= 11 is 0. The zero-order valence-electron chi connectivity index (χ0n) is 9.16. The first-order valence-electron chi connectivity index (χ1n) is 4.84. The van der Waals surface area contributed by atoms with Crippen LogP contribution >= 0.6 is 0 Å². The van der Waals surface area contributed by atoms with Crippen LogP contribution in [-0.4, -0.2) is 25.1 Å². The maximum absolute atomic E-state index is 7.67. The average molecular weight is 166 g/mol. The number of ether oxygens (including phenoxy) is 1. The predicted molar refractivity (Wildman–Crippen MR) is 47.7 cm³/mol. The van der Waals surface area contributed by atoms with Gasteiger partial charge in [0.1, 0.15) is 6.61 Å². The zero-order chi connectivity index (χ0) is 10.3. The highest BCUT2D eigenvalue weighted by Gasteiger charge is 2.15. The third-order valence-electron chi connectivity index (χ3n) is 1.84. The number of nitrogens with zero attached hydrogens (tertiary/aromatic N) is 2. The van der Waals surface area contributed by atoms with Crippen molar-refractivity contribution < 1.29 is 7.48 Å². The van der Waals surface area contributed by atoms with Crippen molar-refractivity contribution >= 4 is 5.69 Å². The third kappa shape index (κ3) is 1.11. The largest absolute Gasteiger partial charge is 0.474 e. The lowest BCUT2D eigenvalue weighted by Gasteiger charge is -2.26. The van der Waals surface area contributed by atoms with Crippen molar-refractivity contribution in [1.82, 2.24) is 4.98 Å². The second-order valence-corrected chi connectivity index (χ2v) is 2.84. The maximum Gasteiger partial charge on any atom is 0.237 e. The Hall–Kier alpha value is -1.25. The summed E-state index contributed by atoms with van der Waals surface area (Å²) in [5.74, 6) is 0.508. The number of rotatable bonds is 0. The molecule has 0 amide bonds. The summed E-state index contributed by atoms with van der Waals surface area (Å²) in [6.45, 7) is 0.486. The molecule has 3 nitrogen and oxygen atoms in total. The van der Waals surface area contributed by atoms with E-state index < -0.39 is 6.50 Å². The Balaban J connectivity index is 2.48. The van der Waals surface area contributed by atoms with Crippen LogP contribution in [0.25, 0.3) is 0 Å². The fraction of sp³-hybridized carbons (Fsp3) is 0.444. The SMILES string of the molecule is [2H]C1([2H])COc2ncc(C)cc2N1C. The van der Waals surface area contributed by atoms with Gasteiger partial charge in [-0.15, -0.1) is 0 Å². The van der Waals surface area contributed by atoms with Gasteiger partial charge in [-0.2, -0.15) is 0 Å². The molecule has 0 saturated carbocycles. The van der Waals surface area contributed by atoms with E-state index in [2.05, 4.69) is 4.98 Å².